The van der Waals surface area contributed by atoms with Crippen LogP contribution in [-0.2, 0) is 17.9 Å². The van der Waals surface area contributed by atoms with Crippen molar-refractivity contribution >= 4 is 5.91 Å². The highest BCUT2D eigenvalue weighted by molar-refractivity contribution is 5.94. The number of amides is 1. The second-order valence-corrected chi connectivity index (χ2v) is 6.82. The van der Waals surface area contributed by atoms with Crippen molar-refractivity contribution in [2.45, 2.75) is 27.0 Å². The predicted molar refractivity (Wildman–Crippen MR) is 110 cm³/mol. The van der Waals surface area contributed by atoms with Crippen LogP contribution in [0, 0.1) is 13.8 Å². The maximum Gasteiger partial charge on any atom is 0.254 e. The van der Waals surface area contributed by atoms with Crippen LogP contribution in [0.1, 0.15) is 32.9 Å². The summed E-state index contributed by atoms with van der Waals surface area (Å²) in [5.41, 5.74) is 3.38. The fraction of sp³-hybridized carbons (Fsp3) is 0.304. The van der Waals surface area contributed by atoms with Crippen LogP contribution in [0.25, 0.3) is 0 Å². The lowest BCUT2D eigenvalue weighted by molar-refractivity contribution is 0.0680. The zero-order chi connectivity index (χ0) is 20.6. The lowest BCUT2D eigenvalue weighted by Crippen LogP contribution is -2.33. The molecule has 3 rings (SSSR count). The predicted octanol–water partition coefficient (Wildman–Crippen LogP) is 4.16. The maximum atomic E-state index is 13.1. The van der Waals surface area contributed by atoms with E-state index in [1.54, 1.807) is 24.1 Å². The van der Waals surface area contributed by atoms with Crippen molar-refractivity contribution in [1.29, 1.82) is 0 Å². The molecule has 0 fully saturated rings. The van der Waals surface area contributed by atoms with Gasteiger partial charge in [-0.05, 0) is 37.6 Å². The topological polar surface area (TPSA) is 64.8 Å². The van der Waals surface area contributed by atoms with Crippen LogP contribution in [0.5, 0.6) is 5.75 Å². The normalized spacial score (nSPS) is 10.7. The number of benzene rings is 2. The van der Waals surface area contributed by atoms with E-state index in [0.29, 0.717) is 37.6 Å². The molecule has 1 heterocycles. The number of aryl methyl sites for hydroxylation is 2. The van der Waals surface area contributed by atoms with Gasteiger partial charge in [0.2, 0.25) is 0 Å². The summed E-state index contributed by atoms with van der Waals surface area (Å²) in [5, 5.41) is 3.94. The molecule has 0 spiro atoms. The van der Waals surface area contributed by atoms with Crippen molar-refractivity contribution in [3.63, 3.8) is 0 Å². The van der Waals surface area contributed by atoms with Gasteiger partial charge in [0.15, 0.2) is 0 Å². The summed E-state index contributed by atoms with van der Waals surface area (Å²) >= 11 is 0. The molecule has 0 aliphatic carbocycles. The van der Waals surface area contributed by atoms with E-state index in [-0.39, 0.29) is 5.91 Å². The first-order valence-electron chi connectivity index (χ1n) is 9.55. The van der Waals surface area contributed by atoms with E-state index in [4.69, 9.17) is 14.0 Å². The molecule has 0 radical (unpaired) electrons. The number of rotatable bonds is 9. The molecule has 0 saturated heterocycles. The zero-order valence-corrected chi connectivity index (χ0v) is 17.1. The maximum absolute atomic E-state index is 13.1. The number of hydrogen-bond acceptors (Lipinski definition) is 5. The third-order valence-corrected chi connectivity index (χ3v) is 4.71. The Morgan fingerprint density at radius 3 is 2.59 bits per heavy atom. The van der Waals surface area contributed by atoms with Crippen molar-refractivity contribution in [3.05, 3.63) is 82.7 Å². The summed E-state index contributed by atoms with van der Waals surface area (Å²) in [6, 6.07) is 17.2. The van der Waals surface area contributed by atoms with Crippen LogP contribution in [0.2, 0.25) is 0 Å². The van der Waals surface area contributed by atoms with Gasteiger partial charge in [-0.15, -0.1) is 0 Å². The number of methoxy groups -OCH3 is 1. The Labute approximate surface area is 171 Å². The number of ether oxygens (including phenoxy) is 2. The Balaban J connectivity index is 1.73. The minimum atomic E-state index is -0.0614. The van der Waals surface area contributed by atoms with Crippen LogP contribution in [0.3, 0.4) is 0 Å². The number of hydrogen-bond donors (Lipinski definition) is 0. The monoisotopic (exact) mass is 394 g/mol. The van der Waals surface area contributed by atoms with Crippen molar-refractivity contribution in [3.8, 4) is 5.75 Å². The first-order chi connectivity index (χ1) is 14.1. The summed E-state index contributed by atoms with van der Waals surface area (Å²) < 4.78 is 16.2. The lowest BCUT2D eigenvalue weighted by atomic mass is 10.1. The van der Waals surface area contributed by atoms with Gasteiger partial charge in [0, 0.05) is 25.8 Å². The Morgan fingerprint density at radius 2 is 1.90 bits per heavy atom. The van der Waals surface area contributed by atoms with E-state index in [2.05, 4.69) is 5.16 Å². The molecule has 3 aromatic rings. The summed E-state index contributed by atoms with van der Waals surface area (Å²) in [4.78, 5) is 14.9. The van der Waals surface area contributed by atoms with Crippen LogP contribution in [0.4, 0.5) is 0 Å². The van der Waals surface area contributed by atoms with Crippen molar-refractivity contribution in [2.24, 2.45) is 0 Å². The second kappa shape index (κ2) is 9.89. The molecule has 0 bridgehead atoms. The average molecular weight is 394 g/mol. The zero-order valence-electron chi connectivity index (χ0n) is 17.1. The summed E-state index contributed by atoms with van der Waals surface area (Å²) in [5.74, 6) is 1.30. The summed E-state index contributed by atoms with van der Waals surface area (Å²) in [6.45, 7) is 5.58. The van der Waals surface area contributed by atoms with Gasteiger partial charge in [-0.25, -0.2) is 0 Å². The highest BCUT2D eigenvalue weighted by Gasteiger charge is 2.17. The van der Waals surface area contributed by atoms with Gasteiger partial charge in [-0.2, -0.15) is 0 Å². The van der Waals surface area contributed by atoms with Crippen LogP contribution < -0.4 is 4.74 Å². The number of carbonyl (C=O) groups is 1. The molecule has 0 unspecified atom stereocenters. The van der Waals surface area contributed by atoms with E-state index < -0.39 is 0 Å². The van der Waals surface area contributed by atoms with Crippen LogP contribution >= 0.6 is 0 Å². The molecule has 6 nitrogen and oxygen atoms in total. The van der Waals surface area contributed by atoms with Gasteiger partial charge in [0.1, 0.15) is 18.1 Å². The third kappa shape index (κ3) is 5.45. The van der Waals surface area contributed by atoms with E-state index in [9.17, 15) is 4.79 Å². The quantitative estimate of drug-likeness (QED) is 0.545. The second-order valence-electron chi connectivity index (χ2n) is 6.82. The summed E-state index contributed by atoms with van der Waals surface area (Å²) in [6.07, 6.45) is 0. The minimum absolute atomic E-state index is 0.0614. The number of nitrogens with zero attached hydrogens (tertiary/aromatic N) is 2. The fourth-order valence-electron chi connectivity index (χ4n) is 3.02. The molecule has 0 aliphatic rings. The van der Waals surface area contributed by atoms with Gasteiger partial charge in [-0.3, -0.25) is 4.79 Å². The number of carbonyl (C=O) groups excluding carboxylic acids is 1. The molecular formula is C23H26N2O4. The van der Waals surface area contributed by atoms with Gasteiger partial charge in [0.25, 0.3) is 5.91 Å². The van der Waals surface area contributed by atoms with Gasteiger partial charge in [-0.1, -0.05) is 41.6 Å². The highest BCUT2D eigenvalue weighted by atomic mass is 16.5. The SMILES string of the molecule is COCCN(Cc1ccccc1)C(=O)c1cccc(OCc2c(C)noc2C)c1. The Bertz CT molecular complexity index is 918. The highest BCUT2D eigenvalue weighted by Crippen LogP contribution is 2.20. The lowest BCUT2D eigenvalue weighted by Gasteiger charge is -2.23. The Hall–Kier alpha value is -3.12. The molecular weight excluding hydrogens is 368 g/mol. The smallest absolute Gasteiger partial charge is 0.254 e. The Kier molecular flexibility index (Phi) is 7.03. The number of aromatic nitrogens is 1. The van der Waals surface area contributed by atoms with Crippen molar-refractivity contribution < 1.29 is 18.8 Å². The van der Waals surface area contributed by atoms with E-state index in [0.717, 1.165) is 22.6 Å². The first kappa shape index (κ1) is 20.6. The molecule has 1 amide bonds. The van der Waals surface area contributed by atoms with E-state index >= 15 is 0 Å². The minimum Gasteiger partial charge on any atom is -0.489 e. The van der Waals surface area contributed by atoms with Crippen LogP contribution in [-0.4, -0.2) is 36.2 Å². The molecule has 1 aromatic heterocycles. The van der Waals surface area contributed by atoms with Crippen molar-refractivity contribution in [1.82, 2.24) is 10.1 Å². The molecule has 0 N–H and O–H groups in total. The van der Waals surface area contributed by atoms with Gasteiger partial charge < -0.3 is 18.9 Å². The molecule has 6 heteroatoms. The molecule has 0 saturated carbocycles. The van der Waals surface area contributed by atoms with Crippen molar-refractivity contribution in [2.75, 3.05) is 20.3 Å². The Morgan fingerprint density at radius 1 is 1.10 bits per heavy atom. The molecule has 0 aliphatic heterocycles. The van der Waals surface area contributed by atoms with Crippen LogP contribution in [0.15, 0.2) is 59.1 Å². The fourth-order valence-corrected chi connectivity index (χ4v) is 3.02. The molecule has 2 aromatic carbocycles. The average Bonchev–Trinajstić information content (AvgIpc) is 3.07. The molecule has 29 heavy (non-hydrogen) atoms. The molecule has 152 valence electrons. The van der Waals surface area contributed by atoms with E-state index in [1.165, 1.54) is 0 Å². The first-order valence-corrected chi connectivity index (χ1v) is 9.55. The van der Waals surface area contributed by atoms with Gasteiger partial charge >= 0.3 is 0 Å². The largest absolute Gasteiger partial charge is 0.489 e. The standard InChI is InChI=1S/C23H26N2O4/c1-17-22(18(2)29-24-17)16-28-21-11-7-10-20(14-21)23(26)25(12-13-27-3)15-19-8-5-4-6-9-19/h4-11,14H,12-13,15-16H2,1-3H3. The summed E-state index contributed by atoms with van der Waals surface area (Å²) in [7, 11) is 1.63. The van der Waals surface area contributed by atoms with Gasteiger partial charge in [0.05, 0.1) is 17.9 Å². The van der Waals surface area contributed by atoms with E-state index in [1.807, 2.05) is 56.3 Å². The third-order valence-electron chi connectivity index (χ3n) is 4.71. The molecule has 0 atom stereocenters.